The van der Waals surface area contributed by atoms with Crippen LogP contribution in [0.3, 0.4) is 0 Å². The molecule has 1 aliphatic heterocycles. The molecule has 17 heavy (non-hydrogen) atoms. The maximum atomic E-state index is 12.0. The summed E-state index contributed by atoms with van der Waals surface area (Å²) in [6, 6.07) is 4.39. The number of nitrogens with two attached hydrogens (primary N) is 1. The number of carbonyl (C=O) groups is 2. The number of anilines is 1. The molecule has 1 aromatic rings. The lowest BCUT2D eigenvalue weighted by Crippen LogP contribution is -2.51. The molecule has 3 N–H and O–H groups in total. The smallest absolute Gasteiger partial charge is 0.354 e. The monoisotopic (exact) mass is 233 g/mol. The summed E-state index contributed by atoms with van der Waals surface area (Å²) in [6.07, 6.45) is 1.32. The van der Waals surface area contributed by atoms with Crippen LogP contribution in [0.15, 0.2) is 29.8 Å². The first-order valence-electron chi connectivity index (χ1n) is 5.10. The van der Waals surface area contributed by atoms with Crippen molar-refractivity contribution < 1.29 is 14.7 Å². The van der Waals surface area contributed by atoms with Crippen LogP contribution in [-0.4, -0.2) is 24.0 Å². The van der Waals surface area contributed by atoms with Crippen molar-refractivity contribution in [2.45, 2.75) is 6.92 Å². The molecule has 2 rings (SSSR count). The standard InChI is InChI=1S/C12H12N2O3/c1-7-5-11(16)14(2,12(7)17)8-3-4-9(13)10(15)6-8/h3-6H,1-2H3,(H2-,13,15,16,17)/p+1. The second-order valence-electron chi connectivity index (χ2n) is 4.22. The Hall–Kier alpha value is -2.14. The lowest BCUT2D eigenvalue weighted by Gasteiger charge is -2.23. The summed E-state index contributed by atoms with van der Waals surface area (Å²) >= 11 is 0. The number of amides is 2. The minimum Gasteiger partial charge on any atom is -0.506 e. The van der Waals surface area contributed by atoms with Crippen LogP contribution in [0.1, 0.15) is 6.92 Å². The van der Waals surface area contributed by atoms with E-state index in [-0.39, 0.29) is 23.3 Å². The molecule has 2 amide bonds. The molecule has 1 unspecified atom stereocenters. The van der Waals surface area contributed by atoms with Gasteiger partial charge in [-0.2, -0.15) is 4.48 Å². The van der Waals surface area contributed by atoms with Gasteiger partial charge in [-0.3, -0.25) is 0 Å². The van der Waals surface area contributed by atoms with Crippen LogP contribution in [0, 0.1) is 0 Å². The third kappa shape index (κ3) is 1.43. The molecule has 1 atom stereocenters. The number of aromatic hydroxyl groups is 1. The fourth-order valence-corrected chi connectivity index (χ4v) is 1.88. The van der Waals surface area contributed by atoms with Crippen LogP contribution in [0.2, 0.25) is 0 Å². The molecule has 0 radical (unpaired) electrons. The van der Waals surface area contributed by atoms with Crippen molar-refractivity contribution in [1.82, 2.24) is 4.48 Å². The van der Waals surface area contributed by atoms with E-state index in [1.165, 1.54) is 25.3 Å². The average Bonchev–Trinajstić information content (AvgIpc) is 2.48. The Kier molecular flexibility index (Phi) is 2.29. The highest BCUT2D eigenvalue weighted by atomic mass is 16.3. The summed E-state index contributed by atoms with van der Waals surface area (Å²) in [7, 11) is 1.50. The number of phenolic OH excluding ortho intramolecular Hbond substituents is 1. The molecule has 0 bridgehead atoms. The molecule has 0 saturated carbocycles. The molecule has 0 aliphatic carbocycles. The van der Waals surface area contributed by atoms with Crippen molar-refractivity contribution >= 4 is 23.2 Å². The van der Waals surface area contributed by atoms with Gasteiger partial charge in [0, 0.05) is 12.1 Å². The number of nitrogen functional groups attached to an aromatic ring is 1. The van der Waals surface area contributed by atoms with Gasteiger partial charge in [0.15, 0.2) is 5.69 Å². The van der Waals surface area contributed by atoms with Gasteiger partial charge in [0.25, 0.3) is 0 Å². The number of imide groups is 1. The molecular formula is C12H13N2O3+. The van der Waals surface area contributed by atoms with Crippen molar-refractivity contribution in [1.29, 1.82) is 0 Å². The van der Waals surface area contributed by atoms with Crippen molar-refractivity contribution in [2.75, 3.05) is 12.8 Å². The van der Waals surface area contributed by atoms with Gasteiger partial charge in [-0.05, 0) is 13.0 Å². The summed E-state index contributed by atoms with van der Waals surface area (Å²) in [6.45, 7) is 1.60. The van der Waals surface area contributed by atoms with E-state index >= 15 is 0 Å². The van der Waals surface area contributed by atoms with E-state index in [2.05, 4.69) is 0 Å². The maximum Gasteiger partial charge on any atom is 0.354 e. The van der Waals surface area contributed by atoms with Gasteiger partial charge in [-0.25, -0.2) is 9.59 Å². The summed E-state index contributed by atoms with van der Waals surface area (Å²) in [5.41, 5.74) is 6.51. The van der Waals surface area contributed by atoms with E-state index in [0.717, 1.165) is 0 Å². The van der Waals surface area contributed by atoms with Gasteiger partial charge in [0.2, 0.25) is 0 Å². The van der Waals surface area contributed by atoms with Crippen LogP contribution < -0.4 is 10.2 Å². The van der Waals surface area contributed by atoms with Gasteiger partial charge >= 0.3 is 11.8 Å². The predicted octanol–water partition coefficient (Wildman–Crippen LogP) is 0.925. The first-order valence-corrected chi connectivity index (χ1v) is 5.10. The molecule has 1 heterocycles. The van der Waals surface area contributed by atoms with Crippen LogP contribution in [0.5, 0.6) is 5.75 Å². The molecule has 88 valence electrons. The molecule has 1 aromatic carbocycles. The number of carbonyl (C=O) groups excluding carboxylic acids is 2. The van der Waals surface area contributed by atoms with Gasteiger partial charge < -0.3 is 10.8 Å². The van der Waals surface area contributed by atoms with Crippen molar-refractivity contribution in [3.05, 3.63) is 29.8 Å². The van der Waals surface area contributed by atoms with Crippen molar-refractivity contribution in [2.24, 2.45) is 0 Å². The van der Waals surface area contributed by atoms with E-state index in [0.29, 0.717) is 11.3 Å². The van der Waals surface area contributed by atoms with Gasteiger partial charge in [0.1, 0.15) is 5.75 Å². The zero-order valence-electron chi connectivity index (χ0n) is 9.60. The normalized spacial score (nSPS) is 24.0. The van der Waals surface area contributed by atoms with E-state index in [4.69, 9.17) is 5.73 Å². The summed E-state index contributed by atoms with van der Waals surface area (Å²) in [5.74, 6) is -0.747. The molecule has 0 aromatic heterocycles. The molecular weight excluding hydrogens is 220 g/mol. The minimum absolute atomic E-state index is 0.132. The zero-order chi connectivity index (χ0) is 12.8. The highest BCUT2D eigenvalue weighted by Gasteiger charge is 2.47. The third-order valence-electron chi connectivity index (χ3n) is 3.05. The number of phenols is 1. The van der Waals surface area contributed by atoms with Crippen LogP contribution >= 0.6 is 0 Å². The number of rotatable bonds is 1. The van der Waals surface area contributed by atoms with Crippen LogP contribution in [-0.2, 0) is 9.59 Å². The second-order valence-corrected chi connectivity index (χ2v) is 4.22. The summed E-state index contributed by atoms with van der Waals surface area (Å²) < 4.78 is -0.486. The van der Waals surface area contributed by atoms with Crippen molar-refractivity contribution in [3.8, 4) is 5.75 Å². The summed E-state index contributed by atoms with van der Waals surface area (Å²) in [5, 5.41) is 9.54. The number of benzene rings is 1. The molecule has 5 heteroatoms. The van der Waals surface area contributed by atoms with E-state index < -0.39 is 4.48 Å². The van der Waals surface area contributed by atoms with Crippen molar-refractivity contribution in [3.63, 3.8) is 0 Å². The SMILES string of the molecule is CC1=CC(=O)[N+](C)(c2ccc(N)c(O)c2)C1=O. The Morgan fingerprint density at radius 1 is 1.29 bits per heavy atom. The number of likely N-dealkylation sites (N-methyl/N-ethyl adjacent to an activating group) is 1. The Labute approximate surface area is 98.4 Å². The van der Waals surface area contributed by atoms with Gasteiger partial charge in [0.05, 0.1) is 24.4 Å². The number of hydrogen-bond donors (Lipinski definition) is 2. The number of hydrogen-bond acceptors (Lipinski definition) is 4. The fraction of sp³-hybridized carbons (Fsp3) is 0.167. The maximum absolute atomic E-state index is 12.0. The lowest BCUT2D eigenvalue weighted by molar-refractivity contribution is -0.134. The number of nitrogens with zero attached hydrogens (tertiary/aromatic N) is 1. The Bertz CT molecular complexity index is 563. The Morgan fingerprint density at radius 3 is 2.41 bits per heavy atom. The lowest BCUT2D eigenvalue weighted by atomic mass is 10.2. The summed E-state index contributed by atoms with van der Waals surface area (Å²) in [4.78, 5) is 23.9. The first-order chi connectivity index (χ1) is 7.87. The Balaban J connectivity index is 2.57. The molecule has 1 aliphatic rings. The minimum atomic E-state index is -0.486. The van der Waals surface area contributed by atoms with Gasteiger partial charge in [-0.1, -0.05) is 0 Å². The zero-order valence-corrected chi connectivity index (χ0v) is 9.60. The highest BCUT2D eigenvalue weighted by Crippen LogP contribution is 2.33. The highest BCUT2D eigenvalue weighted by molar-refractivity contribution is 6.25. The first kappa shape index (κ1) is 11.3. The average molecular weight is 233 g/mol. The molecule has 0 fully saturated rings. The van der Waals surface area contributed by atoms with Crippen LogP contribution in [0.25, 0.3) is 0 Å². The number of quaternary nitrogens is 1. The molecule has 0 spiro atoms. The quantitative estimate of drug-likeness (QED) is 0.327. The predicted molar refractivity (Wildman–Crippen MR) is 64.0 cm³/mol. The molecule has 5 nitrogen and oxygen atoms in total. The third-order valence-corrected chi connectivity index (χ3v) is 3.05. The second kappa shape index (κ2) is 3.43. The topological polar surface area (TPSA) is 80.4 Å². The van der Waals surface area contributed by atoms with Gasteiger partial charge in [-0.15, -0.1) is 0 Å². The van der Waals surface area contributed by atoms with E-state index in [1.54, 1.807) is 13.0 Å². The van der Waals surface area contributed by atoms with Crippen LogP contribution in [0.4, 0.5) is 11.4 Å². The fourth-order valence-electron chi connectivity index (χ4n) is 1.88. The van der Waals surface area contributed by atoms with E-state index in [1.807, 2.05) is 0 Å². The largest absolute Gasteiger partial charge is 0.506 e. The Morgan fingerprint density at radius 2 is 1.94 bits per heavy atom. The van der Waals surface area contributed by atoms with E-state index in [9.17, 15) is 14.7 Å². The molecule has 0 saturated heterocycles.